The van der Waals surface area contributed by atoms with Crippen LogP contribution >= 0.6 is 11.6 Å². The number of pyridine rings is 1. The Morgan fingerprint density at radius 3 is 2.50 bits per heavy atom. The fraction of sp³-hybridized carbons (Fsp3) is 0.333. The van der Waals surface area contributed by atoms with Crippen molar-refractivity contribution in [2.75, 3.05) is 31.1 Å². The molecule has 6 heteroatoms. The molecular weight excluding hydrogens is 322 g/mol. The molecular formula is C18H22ClN5. The number of nitrogens with zero attached hydrogens (tertiary/aromatic N) is 4. The summed E-state index contributed by atoms with van der Waals surface area (Å²) >= 11 is 5.95. The predicted octanol–water partition coefficient (Wildman–Crippen LogP) is 2.68. The zero-order valence-electron chi connectivity index (χ0n) is 13.8. The van der Waals surface area contributed by atoms with E-state index in [4.69, 9.17) is 17.3 Å². The van der Waals surface area contributed by atoms with Crippen molar-refractivity contribution in [3.8, 4) is 0 Å². The molecule has 1 aromatic carbocycles. The Balaban J connectivity index is 1.55. The van der Waals surface area contributed by atoms with Crippen LogP contribution in [0.15, 0.2) is 47.5 Å². The van der Waals surface area contributed by atoms with Crippen molar-refractivity contribution in [2.45, 2.75) is 13.5 Å². The van der Waals surface area contributed by atoms with Gasteiger partial charge in [-0.25, -0.2) is 4.99 Å². The molecule has 1 aliphatic heterocycles. The van der Waals surface area contributed by atoms with Gasteiger partial charge in [-0.2, -0.15) is 0 Å². The van der Waals surface area contributed by atoms with Gasteiger partial charge in [0.15, 0.2) is 5.96 Å². The van der Waals surface area contributed by atoms with Crippen LogP contribution in [-0.2, 0) is 6.54 Å². The van der Waals surface area contributed by atoms with E-state index in [1.165, 1.54) is 5.69 Å². The summed E-state index contributed by atoms with van der Waals surface area (Å²) in [5, 5.41) is 0.763. The van der Waals surface area contributed by atoms with Crippen molar-refractivity contribution in [3.05, 3.63) is 58.9 Å². The van der Waals surface area contributed by atoms with Gasteiger partial charge in [0.1, 0.15) is 0 Å². The topological polar surface area (TPSA) is 57.8 Å². The third-order valence-corrected chi connectivity index (χ3v) is 4.40. The lowest BCUT2D eigenvalue weighted by atomic mass is 10.2. The lowest BCUT2D eigenvalue weighted by Crippen LogP contribution is -2.51. The minimum Gasteiger partial charge on any atom is -0.370 e. The van der Waals surface area contributed by atoms with Crippen LogP contribution in [0.2, 0.25) is 5.02 Å². The Labute approximate surface area is 147 Å². The molecule has 5 nitrogen and oxygen atoms in total. The summed E-state index contributed by atoms with van der Waals surface area (Å²) in [6.07, 6.45) is 0. The second kappa shape index (κ2) is 7.53. The average molecular weight is 344 g/mol. The summed E-state index contributed by atoms with van der Waals surface area (Å²) in [6, 6.07) is 13.9. The van der Waals surface area contributed by atoms with Gasteiger partial charge in [-0.05, 0) is 43.3 Å². The number of nitrogens with two attached hydrogens (primary N) is 1. The molecule has 24 heavy (non-hydrogen) atoms. The van der Waals surface area contributed by atoms with Gasteiger partial charge in [0.25, 0.3) is 0 Å². The van der Waals surface area contributed by atoms with E-state index in [-0.39, 0.29) is 0 Å². The van der Waals surface area contributed by atoms with Crippen LogP contribution in [0.3, 0.4) is 0 Å². The van der Waals surface area contributed by atoms with Crippen molar-refractivity contribution in [1.82, 2.24) is 9.88 Å². The zero-order chi connectivity index (χ0) is 16.9. The van der Waals surface area contributed by atoms with Gasteiger partial charge in [0.2, 0.25) is 0 Å². The number of hydrogen-bond donors (Lipinski definition) is 1. The molecule has 0 aliphatic carbocycles. The zero-order valence-corrected chi connectivity index (χ0v) is 14.6. The lowest BCUT2D eigenvalue weighted by molar-refractivity contribution is 0.380. The summed E-state index contributed by atoms with van der Waals surface area (Å²) in [5.74, 6) is 0.592. The monoisotopic (exact) mass is 343 g/mol. The predicted molar refractivity (Wildman–Crippen MR) is 99.5 cm³/mol. The highest BCUT2D eigenvalue weighted by atomic mass is 35.5. The van der Waals surface area contributed by atoms with E-state index in [0.717, 1.165) is 42.6 Å². The van der Waals surface area contributed by atoms with Gasteiger partial charge in [-0.15, -0.1) is 0 Å². The molecule has 0 spiro atoms. The molecule has 2 N–H and O–H groups in total. The van der Waals surface area contributed by atoms with Gasteiger partial charge < -0.3 is 15.5 Å². The first-order chi connectivity index (χ1) is 11.6. The maximum Gasteiger partial charge on any atom is 0.191 e. The number of aromatic nitrogens is 1. The molecule has 0 atom stereocenters. The highest BCUT2D eigenvalue weighted by molar-refractivity contribution is 6.30. The summed E-state index contributed by atoms with van der Waals surface area (Å²) in [6.45, 7) is 6.05. The number of aryl methyl sites for hydroxylation is 1. The van der Waals surface area contributed by atoms with Crippen molar-refractivity contribution >= 4 is 23.2 Å². The molecule has 0 unspecified atom stereocenters. The Hall–Kier alpha value is -2.27. The van der Waals surface area contributed by atoms with Gasteiger partial charge in [0, 0.05) is 42.6 Å². The van der Waals surface area contributed by atoms with Crippen LogP contribution < -0.4 is 10.6 Å². The molecule has 2 heterocycles. The van der Waals surface area contributed by atoms with E-state index in [1.54, 1.807) is 0 Å². The molecule has 1 aromatic heterocycles. The first kappa shape index (κ1) is 16.6. The van der Waals surface area contributed by atoms with Crippen LogP contribution in [0.25, 0.3) is 0 Å². The third kappa shape index (κ3) is 4.17. The molecule has 2 aromatic rings. The van der Waals surface area contributed by atoms with Crippen LogP contribution in [0.5, 0.6) is 0 Å². The van der Waals surface area contributed by atoms with Gasteiger partial charge >= 0.3 is 0 Å². The van der Waals surface area contributed by atoms with Gasteiger partial charge in [-0.1, -0.05) is 17.7 Å². The Kier molecular flexibility index (Phi) is 5.20. The summed E-state index contributed by atoms with van der Waals surface area (Å²) in [4.78, 5) is 13.4. The molecule has 0 radical (unpaired) electrons. The quantitative estimate of drug-likeness (QED) is 0.687. The number of piperazine rings is 1. The van der Waals surface area contributed by atoms with Gasteiger partial charge in [0.05, 0.1) is 12.2 Å². The number of halogens is 1. The minimum absolute atomic E-state index is 0.519. The molecule has 0 amide bonds. The first-order valence-electron chi connectivity index (χ1n) is 8.10. The van der Waals surface area contributed by atoms with Crippen LogP contribution in [-0.4, -0.2) is 42.0 Å². The molecule has 0 bridgehead atoms. The molecule has 126 valence electrons. The average Bonchev–Trinajstić information content (AvgIpc) is 2.61. The summed E-state index contributed by atoms with van der Waals surface area (Å²) in [5.41, 5.74) is 9.28. The number of guanidine groups is 1. The third-order valence-electron chi connectivity index (χ3n) is 4.14. The largest absolute Gasteiger partial charge is 0.370 e. The van der Waals surface area contributed by atoms with E-state index in [9.17, 15) is 0 Å². The van der Waals surface area contributed by atoms with Gasteiger partial charge in [-0.3, -0.25) is 4.98 Å². The molecule has 0 saturated carbocycles. The molecule has 3 rings (SSSR count). The number of anilines is 1. The summed E-state index contributed by atoms with van der Waals surface area (Å²) < 4.78 is 0. The van der Waals surface area contributed by atoms with Crippen LogP contribution in [0.4, 0.5) is 5.69 Å². The maximum atomic E-state index is 6.15. The maximum absolute atomic E-state index is 6.15. The van der Waals surface area contributed by atoms with Crippen molar-refractivity contribution in [3.63, 3.8) is 0 Å². The standard InChI is InChI=1S/C18H22ClN5/c1-14-3-2-4-16(22-14)13-21-18(20)24-11-9-23(10-12-24)17-7-5-15(19)6-8-17/h2-8H,9-13H2,1H3,(H2,20,21). The van der Waals surface area contributed by atoms with Crippen LogP contribution in [0, 0.1) is 6.92 Å². The number of hydrogen-bond acceptors (Lipinski definition) is 3. The second-order valence-electron chi connectivity index (χ2n) is 5.90. The van der Waals surface area contributed by atoms with E-state index < -0.39 is 0 Å². The van der Waals surface area contributed by atoms with Crippen LogP contribution in [0.1, 0.15) is 11.4 Å². The number of aliphatic imine (C=N–C) groups is 1. The van der Waals surface area contributed by atoms with Crippen molar-refractivity contribution < 1.29 is 0 Å². The van der Waals surface area contributed by atoms with E-state index in [0.29, 0.717) is 12.5 Å². The SMILES string of the molecule is Cc1cccc(CN=C(N)N2CCN(c3ccc(Cl)cc3)CC2)n1. The molecule has 1 aliphatic rings. The highest BCUT2D eigenvalue weighted by Crippen LogP contribution is 2.19. The fourth-order valence-corrected chi connectivity index (χ4v) is 2.92. The van der Waals surface area contributed by atoms with E-state index in [1.807, 2.05) is 37.3 Å². The second-order valence-corrected chi connectivity index (χ2v) is 6.33. The first-order valence-corrected chi connectivity index (χ1v) is 8.47. The Bertz CT molecular complexity index is 706. The number of rotatable bonds is 3. The molecule has 1 saturated heterocycles. The van der Waals surface area contributed by atoms with E-state index >= 15 is 0 Å². The summed E-state index contributed by atoms with van der Waals surface area (Å²) in [7, 11) is 0. The van der Waals surface area contributed by atoms with Crippen molar-refractivity contribution in [1.29, 1.82) is 0 Å². The normalized spacial score (nSPS) is 15.7. The molecule has 1 fully saturated rings. The number of benzene rings is 1. The minimum atomic E-state index is 0.519. The van der Waals surface area contributed by atoms with Crippen molar-refractivity contribution in [2.24, 2.45) is 10.7 Å². The Morgan fingerprint density at radius 1 is 1.12 bits per heavy atom. The van der Waals surface area contributed by atoms with E-state index in [2.05, 4.69) is 31.9 Å². The highest BCUT2D eigenvalue weighted by Gasteiger charge is 2.18. The fourth-order valence-electron chi connectivity index (χ4n) is 2.80. The Morgan fingerprint density at radius 2 is 1.83 bits per heavy atom. The smallest absolute Gasteiger partial charge is 0.191 e. The lowest BCUT2D eigenvalue weighted by Gasteiger charge is -2.36.